The number of nitrogens with zero attached hydrogens (tertiary/aromatic N) is 2. The van der Waals surface area contributed by atoms with Gasteiger partial charge >= 0.3 is 15.6 Å². The lowest BCUT2D eigenvalue weighted by atomic mass is 10.0. The Bertz CT molecular complexity index is 1850. The van der Waals surface area contributed by atoms with Gasteiger partial charge in [-0.05, 0) is 53.4 Å². The molecule has 13 heteroatoms. The van der Waals surface area contributed by atoms with Gasteiger partial charge in [0.05, 0.1) is 17.9 Å². The van der Waals surface area contributed by atoms with Gasteiger partial charge in [0.1, 0.15) is 23.7 Å². The molecule has 0 atom stereocenters. The molecule has 0 aliphatic heterocycles. The topological polar surface area (TPSA) is 99.9 Å². The summed E-state index contributed by atoms with van der Waals surface area (Å²) in [6, 6.07) is 13.9. The number of pyridine rings is 1. The predicted octanol–water partition coefficient (Wildman–Crippen LogP) is 5.98. The number of aryl methyl sites for hydroxylation is 1. The average molecular weight is 591 g/mol. The third kappa shape index (κ3) is 5.44. The van der Waals surface area contributed by atoms with Crippen LogP contribution in [-0.2, 0) is 30.2 Å². The van der Waals surface area contributed by atoms with Crippen LogP contribution in [0.3, 0.4) is 0 Å². The molecule has 1 N–H and O–H groups in total. The number of benzene rings is 3. The molecule has 0 aliphatic carbocycles. The van der Waals surface area contributed by atoms with Crippen LogP contribution in [0.2, 0.25) is 0 Å². The highest BCUT2D eigenvalue weighted by molar-refractivity contribution is 7.88. The van der Waals surface area contributed by atoms with Crippen LogP contribution in [0, 0.1) is 5.82 Å². The van der Waals surface area contributed by atoms with Gasteiger partial charge in [-0.1, -0.05) is 24.3 Å². The Morgan fingerprint density at radius 3 is 2.24 bits per heavy atom. The Labute approximate surface area is 231 Å². The first-order chi connectivity index (χ1) is 19.4. The van der Waals surface area contributed by atoms with Crippen LogP contribution in [0.15, 0.2) is 67.0 Å². The van der Waals surface area contributed by atoms with Crippen LogP contribution in [0.5, 0.6) is 23.1 Å². The fourth-order valence-corrected chi connectivity index (χ4v) is 4.83. The predicted molar refractivity (Wildman–Crippen MR) is 142 cm³/mol. The van der Waals surface area contributed by atoms with E-state index >= 15 is 0 Å². The maximum atomic E-state index is 13.4. The summed E-state index contributed by atoms with van der Waals surface area (Å²) in [4.78, 5) is 4.39. The number of aromatic hydroxyl groups is 1. The second kappa shape index (κ2) is 10.5. The van der Waals surface area contributed by atoms with Gasteiger partial charge < -0.3 is 23.3 Å². The van der Waals surface area contributed by atoms with Crippen LogP contribution in [-0.4, -0.2) is 35.7 Å². The number of fused-ring (bicyclic) bond motifs is 2. The van der Waals surface area contributed by atoms with Crippen molar-refractivity contribution >= 4 is 31.8 Å². The molecule has 0 spiro atoms. The van der Waals surface area contributed by atoms with Crippen molar-refractivity contribution in [3.63, 3.8) is 0 Å². The van der Waals surface area contributed by atoms with E-state index in [1.54, 1.807) is 24.3 Å². The molecule has 0 radical (unpaired) electrons. The monoisotopic (exact) mass is 590 g/mol. The van der Waals surface area contributed by atoms with Crippen molar-refractivity contribution in [3.05, 3.63) is 89.5 Å². The first kappa shape index (κ1) is 28.0. The smallest absolute Gasteiger partial charge is 0.497 e. The average Bonchev–Trinajstić information content (AvgIpc) is 3.23. The molecule has 5 aromatic rings. The number of alkyl halides is 3. The summed E-state index contributed by atoms with van der Waals surface area (Å²) < 4.78 is 95.0. The molecular formula is C28H22F4N2O6S. The molecule has 8 nitrogen and oxygen atoms in total. The lowest BCUT2D eigenvalue weighted by molar-refractivity contribution is -0.0499. The summed E-state index contributed by atoms with van der Waals surface area (Å²) in [7, 11) is -3.16. The van der Waals surface area contributed by atoms with E-state index in [2.05, 4.69) is 9.17 Å². The lowest BCUT2D eigenvalue weighted by Crippen LogP contribution is -2.28. The number of halogens is 4. The van der Waals surface area contributed by atoms with Crippen molar-refractivity contribution in [1.29, 1.82) is 0 Å². The summed E-state index contributed by atoms with van der Waals surface area (Å²) >= 11 is 0. The van der Waals surface area contributed by atoms with E-state index in [-0.39, 0.29) is 40.5 Å². The minimum Gasteiger partial charge on any atom is -0.497 e. The van der Waals surface area contributed by atoms with E-state index in [0.717, 1.165) is 0 Å². The molecule has 41 heavy (non-hydrogen) atoms. The summed E-state index contributed by atoms with van der Waals surface area (Å²) in [5, 5.41) is 10.5. The molecule has 0 fully saturated rings. The SMILES string of the molecule is COc1ccc(COc2c3ncc(Cc4ccc(F)cc4)cc3c(OS(=O)(=O)C(F)(F)F)c3cn(C)c(O)c23)cc1. The van der Waals surface area contributed by atoms with Crippen molar-refractivity contribution in [2.75, 3.05) is 7.11 Å². The van der Waals surface area contributed by atoms with Gasteiger partial charge in [0.25, 0.3) is 0 Å². The van der Waals surface area contributed by atoms with Gasteiger partial charge in [0.2, 0.25) is 5.88 Å². The number of hydrogen-bond acceptors (Lipinski definition) is 7. The van der Waals surface area contributed by atoms with E-state index < -0.39 is 33.1 Å². The van der Waals surface area contributed by atoms with Crippen LogP contribution >= 0.6 is 0 Å². The van der Waals surface area contributed by atoms with Gasteiger partial charge in [-0.25, -0.2) is 4.39 Å². The van der Waals surface area contributed by atoms with E-state index in [1.165, 1.54) is 61.5 Å². The van der Waals surface area contributed by atoms with Crippen molar-refractivity contribution in [2.24, 2.45) is 7.05 Å². The number of methoxy groups -OCH3 is 1. The van der Waals surface area contributed by atoms with Crippen molar-refractivity contribution in [1.82, 2.24) is 9.55 Å². The molecule has 2 aromatic heterocycles. The van der Waals surface area contributed by atoms with Crippen molar-refractivity contribution in [2.45, 2.75) is 18.5 Å². The third-order valence-electron chi connectivity index (χ3n) is 6.37. The largest absolute Gasteiger partial charge is 0.534 e. The molecule has 214 valence electrons. The number of aromatic nitrogens is 2. The highest BCUT2D eigenvalue weighted by atomic mass is 32.2. The van der Waals surface area contributed by atoms with Crippen molar-refractivity contribution < 1.29 is 44.7 Å². The first-order valence-electron chi connectivity index (χ1n) is 12.0. The van der Waals surface area contributed by atoms with E-state index in [0.29, 0.717) is 22.4 Å². The lowest BCUT2D eigenvalue weighted by Gasteiger charge is -2.17. The fraction of sp³-hybridized carbons (Fsp3) is 0.179. The molecule has 3 aromatic carbocycles. The first-order valence-corrected chi connectivity index (χ1v) is 13.4. The van der Waals surface area contributed by atoms with Crippen LogP contribution < -0.4 is 13.7 Å². The summed E-state index contributed by atoms with van der Waals surface area (Å²) in [5.41, 5.74) is -3.91. The van der Waals surface area contributed by atoms with Gasteiger partial charge in [0.15, 0.2) is 11.5 Å². The minimum absolute atomic E-state index is 0.00834. The third-order valence-corrected chi connectivity index (χ3v) is 7.32. The molecule has 2 heterocycles. The molecule has 0 aliphatic rings. The Kier molecular flexibility index (Phi) is 7.15. The quantitative estimate of drug-likeness (QED) is 0.135. The maximum Gasteiger partial charge on any atom is 0.534 e. The van der Waals surface area contributed by atoms with Gasteiger partial charge in [0, 0.05) is 24.8 Å². The van der Waals surface area contributed by atoms with Gasteiger partial charge in [-0.15, -0.1) is 0 Å². The molecule has 0 bridgehead atoms. The minimum atomic E-state index is -6.10. The van der Waals surface area contributed by atoms with E-state index in [4.69, 9.17) is 9.47 Å². The second-order valence-corrected chi connectivity index (χ2v) is 10.7. The Morgan fingerprint density at radius 1 is 0.951 bits per heavy atom. The highest BCUT2D eigenvalue weighted by Crippen LogP contribution is 2.48. The molecule has 5 rings (SSSR count). The van der Waals surface area contributed by atoms with Crippen molar-refractivity contribution in [3.8, 4) is 23.1 Å². The molecule has 0 saturated heterocycles. The fourth-order valence-electron chi connectivity index (χ4n) is 4.34. The summed E-state index contributed by atoms with van der Waals surface area (Å²) in [6.45, 7) is -0.0252. The zero-order valence-corrected chi connectivity index (χ0v) is 22.4. The second-order valence-electron chi connectivity index (χ2n) is 9.17. The summed E-state index contributed by atoms with van der Waals surface area (Å²) in [6.07, 6.45) is 2.87. The zero-order valence-electron chi connectivity index (χ0n) is 21.6. The van der Waals surface area contributed by atoms with Gasteiger partial charge in [-0.2, -0.15) is 21.6 Å². The van der Waals surface area contributed by atoms with Crippen LogP contribution in [0.1, 0.15) is 16.7 Å². The highest BCUT2D eigenvalue weighted by Gasteiger charge is 2.49. The number of rotatable bonds is 8. The standard InChI is InChI=1S/C28H22F4N2O6S/c1-34-14-22-23(27(34)35)26(39-15-17-5-9-20(38-2)10-6-17)24-21(25(22)40-41(36,37)28(30,31)32)12-18(13-33-24)11-16-3-7-19(29)8-4-16/h3-10,12-14,35H,11,15H2,1-2H3. The molecular weight excluding hydrogens is 568 g/mol. The number of ether oxygens (including phenoxy) is 2. The normalized spacial score (nSPS) is 12.1. The Balaban J connectivity index is 1.71. The van der Waals surface area contributed by atoms with Crippen LogP contribution in [0.4, 0.5) is 17.6 Å². The van der Waals surface area contributed by atoms with E-state index in [1.807, 2.05) is 0 Å². The molecule has 0 saturated carbocycles. The summed E-state index contributed by atoms with van der Waals surface area (Å²) in [5.74, 6) is -0.894. The van der Waals surface area contributed by atoms with E-state index in [9.17, 15) is 31.1 Å². The molecule has 0 amide bonds. The molecule has 0 unspecified atom stereocenters. The Hall–Kier alpha value is -4.52. The number of hydrogen-bond donors (Lipinski definition) is 1. The zero-order chi connectivity index (χ0) is 29.5. The van der Waals surface area contributed by atoms with Crippen LogP contribution in [0.25, 0.3) is 21.7 Å². The van der Waals surface area contributed by atoms with Gasteiger partial charge in [-0.3, -0.25) is 4.98 Å². The maximum absolute atomic E-state index is 13.4. The Morgan fingerprint density at radius 2 is 1.61 bits per heavy atom.